The minimum atomic E-state index is -4.20. The summed E-state index contributed by atoms with van der Waals surface area (Å²) in [6.45, 7) is 10.7. The lowest BCUT2D eigenvalue weighted by molar-refractivity contribution is 0.477. The molecular weight excluding hydrogens is 746 g/mol. The third-order valence-corrected chi connectivity index (χ3v) is 12.5. The quantitative estimate of drug-likeness (QED) is 0.150. The number of H-pyrrole nitrogens is 1. The molecule has 0 bridgehead atoms. The van der Waals surface area contributed by atoms with E-state index in [0.717, 1.165) is 8.45 Å². The number of nitrogens with one attached hydrogen (secondary N) is 1. The molecule has 50 heavy (non-hydrogen) atoms. The predicted molar refractivity (Wildman–Crippen MR) is 199 cm³/mol. The SMILES string of the molecule is C=Cc1c(Oc2ccc(F)c(-c3ncc(/C(=N/[S@](=O)C(C)(C)C)c4cccc(Br)c4)[nH]3)c2)ccc2c1ccn2S(=O)(=O)C1(C)CC=CC=C1F. The van der Waals surface area contributed by atoms with E-state index in [1.165, 1.54) is 55.7 Å². The number of rotatable bonds is 9. The van der Waals surface area contributed by atoms with Crippen LogP contribution in [0.25, 0.3) is 28.4 Å². The zero-order chi connectivity index (χ0) is 36.0. The number of hydrogen-bond donors (Lipinski definition) is 1. The first-order valence-electron chi connectivity index (χ1n) is 15.5. The first-order valence-corrected chi connectivity index (χ1v) is 18.8. The van der Waals surface area contributed by atoms with Crippen molar-refractivity contribution in [1.29, 1.82) is 0 Å². The van der Waals surface area contributed by atoms with E-state index in [9.17, 15) is 17.0 Å². The Morgan fingerprint density at radius 1 is 1.16 bits per heavy atom. The monoisotopic (exact) mass is 778 g/mol. The lowest BCUT2D eigenvalue weighted by Gasteiger charge is -2.29. The molecule has 1 N–H and O–H groups in total. The van der Waals surface area contributed by atoms with Crippen molar-refractivity contribution in [3.05, 3.63) is 131 Å². The molecule has 2 aromatic heterocycles. The van der Waals surface area contributed by atoms with Crippen molar-refractivity contribution in [2.75, 3.05) is 0 Å². The highest BCUT2D eigenvalue weighted by Crippen LogP contribution is 2.40. The fourth-order valence-electron chi connectivity index (χ4n) is 5.44. The van der Waals surface area contributed by atoms with Crippen molar-refractivity contribution in [3.8, 4) is 22.9 Å². The van der Waals surface area contributed by atoms with E-state index < -0.39 is 42.1 Å². The molecule has 2 heterocycles. The number of fused-ring (bicyclic) bond motifs is 1. The number of hydrogen-bond acceptors (Lipinski definition) is 5. The molecule has 1 aliphatic rings. The number of nitrogens with zero attached hydrogens (tertiary/aromatic N) is 3. The van der Waals surface area contributed by atoms with E-state index in [4.69, 9.17) is 4.74 Å². The van der Waals surface area contributed by atoms with Crippen molar-refractivity contribution in [2.45, 2.75) is 43.6 Å². The molecule has 0 aliphatic heterocycles. The Morgan fingerprint density at radius 2 is 1.94 bits per heavy atom. The van der Waals surface area contributed by atoms with E-state index in [-0.39, 0.29) is 23.6 Å². The molecule has 0 radical (unpaired) electrons. The maximum atomic E-state index is 15.3. The minimum absolute atomic E-state index is 0.00845. The molecule has 0 saturated heterocycles. The second kappa shape index (κ2) is 13.3. The van der Waals surface area contributed by atoms with Gasteiger partial charge in [-0.05, 0) is 88.7 Å². The van der Waals surface area contributed by atoms with Gasteiger partial charge in [0.15, 0.2) is 0 Å². The summed E-state index contributed by atoms with van der Waals surface area (Å²) in [6.07, 6.45) is 8.71. The predicted octanol–water partition coefficient (Wildman–Crippen LogP) is 9.42. The Morgan fingerprint density at radius 3 is 2.64 bits per heavy atom. The van der Waals surface area contributed by atoms with Gasteiger partial charge in [-0.25, -0.2) is 30.4 Å². The molecule has 0 saturated carbocycles. The van der Waals surface area contributed by atoms with Gasteiger partial charge in [0.2, 0.25) is 0 Å². The molecule has 2 atom stereocenters. The second-order valence-corrected chi connectivity index (χ2v) is 17.9. The third-order valence-electron chi connectivity index (χ3n) is 8.31. The van der Waals surface area contributed by atoms with Crippen molar-refractivity contribution < 1.29 is 26.1 Å². The highest BCUT2D eigenvalue weighted by Gasteiger charge is 2.45. The van der Waals surface area contributed by atoms with Crippen LogP contribution in [0.1, 0.15) is 50.9 Å². The van der Waals surface area contributed by atoms with Crippen LogP contribution < -0.4 is 4.74 Å². The summed E-state index contributed by atoms with van der Waals surface area (Å²) < 4.78 is 81.0. The summed E-state index contributed by atoms with van der Waals surface area (Å²) in [6, 6.07) is 16.3. The Labute approximate surface area is 300 Å². The highest BCUT2D eigenvalue weighted by atomic mass is 79.9. The molecule has 6 rings (SSSR count). The lowest BCUT2D eigenvalue weighted by atomic mass is 10.0. The molecule has 0 amide bonds. The third kappa shape index (κ3) is 6.45. The maximum absolute atomic E-state index is 15.3. The molecule has 258 valence electrons. The largest absolute Gasteiger partial charge is 0.457 e. The molecule has 5 aromatic rings. The van der Waals surface area contributed by atoms with Crippen molar-refractivity contribution >= 4 is 59.6 Å². The van der Waals surface area contributed by atoms with E-state index in [1.807, 2.05) is 45.0 Å². The normalized spacial score (nSPS) is 17.5. The molecule has 1 aliphatic carbocycles. The number of imidazole rings is 1. The van der Waals surface area contributed by atoms with Gasteiger partial charge in [-0.3, -0.25) is 0 Å². The zero-order valence-corrected chi connectivity index (χ0v) is 30.8. The van der Waals surface area contributed by atoms with Gasteiger partial charge in [0.1, 0.15) is 50.4 Å². The van der Waals surface area contributed by atoms with Crippen LogP contribution in [-0.4, -0.2) is 41.8 Å². The summed E-state index contributed by atoms with van der Waals surface area (Å²) in [7, 11) is -5.80. The van der Waals surface area contributed by atoms with Gasteiger partial charge in [-0.2, -0.15) is 4.40 Å². The Bertz CT molecular complexity index is 2390. The topological polar surface area (TPSA) is 106 Å². The highest BCUT2D eigenvalue weighted by molar-refractivity contribution is 9.10. The lowest BCUT2D eigenvalue weighted by Crippen LogP contribution is -2.40. The van der Waals surface area contributed by atoms with Gasteiger partial charge < -0.3 is 9.72 Å². The van der Waals surface area contributed by atoms with E-state index in [0.29, 0.717) is 39.2 Å². The van der Waals surface area contributed by atoms with E-state index in [2.05, 4.69) is 36.9 Å². The van der Waals surface area contributed by atoms with Crippen molar-refractivity contribution in [1.82, 2.24) is 13.9 Å². The summed E-state index contributed by atoms with van der Waals surface area (Å²) in [5, 5.41) is 0.519. The first kappa shape index (κ1) is 35.4. The Balaban J connectivity index is 1.35. The molecule has 0 fully saturated rings. The standard InChI is InChI=1S/C37H33BrF2N4O4S2/c1-6-26-27-17-19-44(50(46,47)37(5)18-8-7-12-33(37)40)31(27)15-16-32(26)48-25-13-14-29(39)28(21-25)35-41-22-30(42-35)34(43-49(45)36(2,3)4)23-10-9-11-24(38)20-23/h6-17,19-22H,1,18H2,2-5H3,(H,41,42)/b43-34+/t37?,49-/m1/s1. The first-order chi connectivity index (χ1) is 23.6. The zero-order valence-electron chi connectivity index (χ0n) is 27.6. The van der Waals surface area contributed by atoms with Crippen LogP contribution in [0.2, 0.25) is 0 Å². The molecule has 13 heteroatoms. The second-order valence-electron chi connectivity index (χ2n) is 12.8. The van der Waals surface area contributed by atoms with Gasteiger partial charge in [-0.1, -0.05) is 52.9 Å². The maximum Gasteiger partial charge on any atom is 0.251 e. The van der Waals surface area contributed by atoms with E-state index >= 15 is 4.39 Å². The average molecular weight is 780 g/mol. The molecule has 0 spiro atoms. The Kier molecular flexibility index (Phi) is 9.44. The fourth-order valence-corrected chi connectivity index (χ4v) is 8.17. The van der Waals surface area contributed by atoms with Gasteiger partial charge >= 0.3 is 0 Å². The summed E-state index contributed by atoms with van der Waals surface area (Å²) in [5.74, 6) is -0.491. The average Bonchev–Trinajstić information content (AvgIpc) is 3.73. The number of benzene rings is 3. The smallest absolute Gasteiger partial charge is 0.251 e. The summed E-state index contributed by atoms with van der Waals surface area (Å²) in [4.78, 5) is 7.57. The van der Waals surface area contributed by atoms with Gasteiger partial charge in [0.05, 0.1) is 27.7 Å². The van der Waals surface area contributed by atoms with Crippen LogP contribution in [0.4, 0.5) is 8.78 Å². The van der Waals surface area contributed by atoms with Crippen LogP contribution in [0.3, 0.4) is 0 Å². The number of allylic oxidation sites excluding steroid dienone is 3. The minimum Gasteiger partial charge on any atom is -0.457 e. The summed E-state index contributed by atoms with van der Waals surface area (Å²) >= 11 is 3.48. The van der Waals surface area contributed by atoms with Gasteiger partial charge in [0.25, 0.3) is 10.0 Å². The fraction of sp³-hybridized carbons (Fsp3) is 0.189. The van der Waals surface area contributed by atoms with Crippen molar-refractivity contribution in [2.24, 2.45) is 4.40 Å². The number of aromatic amines is 1. The molecule has 1 unspecified atom stereocenters. The van der Waals surface area contributed by atoms with E-state index in [1.54, 1.807) is 24.3 Å². The van der Waals surface area contributed by atoms with Crippen LogP contribution in [0, 0.1) is 5.82 Å². The van der Waals surface area contributed by atoms with Crippen LogP contribution in [-0.2, 0) is 21.0 Å². The molecular formula is C37H33BrF2N4O4S2. The van der Waals surface area contributed by atoms with Gasteiger partial charge in [0, 0.05) is 27.2 Å². The number of aromatic nitrogens is 3. The van der Waals surface area contributed by atoms with Crippen LogP contribution >= 0.6 is 15.9 Å². The molecule has 8 nitrogen and oxygen atoms in total. The van der Waals surface area contributed by atoms with Crippen molar-refractivity contribution in [3.63, 3.8) is 0 Å². The summed E-state index contributed by atoms with van der Waals surface area (Å²) in [5.41, 5.74) is 2.46. The van der Waals surface area contributed by atoms with Gasteiger partial charge in [-0.15, -0.1) is 0 Å². The van der Waals surface area contributed by atoms with Crippen LogP contribution in [0.15, 0.2) is 113 Å². The van der Waals surface area contributed by atoms with Crippen LogP contribution in [0.5, 0.6) is 11.5 Å². The molecule has 3 aromatic carbocycles. The Hall–Kier alpha value is -4.46. The number of halogens is 3. The number of ether oxygens (including phenoxy) is 1.